The van der Waals surface area contributed by atoms with Crippen LogP contribution in [0.1, 0.15) is 32.6 Å². The van der Waals surface area contributed by atoms with Crippen molar-refractivity contribution in [2.75, 3.05) is 25.0 Å². The summed E-state index contributed by atoms with van der Waals surface area (Å²) in [4.78, 5) is 11.7. The Balaban J connectivity index is 2.34. The average Bonchev–Trinajstić information content (AvgIpc) is 2.48. The van der Waals surface area contributed by atoms with E-state index in [9.17, 15) is 4.79 Å². The first-order chi connectivity index (χ1) is 10.3. The molecule has 0 aromatic heterocycles. The van der Waals surface area contributed by atoms with Crippen LogP contribution < -0.4 is 15.4 Å². The molecule has 1 rings (SSSR count). The number of nitrogens with one attached hydrogen (secondary N) is 2. The molecule has 0 fully saturated rings. The number of hydrogen-bond donors (Lipinski definition) is 2. The lowest BCUT2D eigenvalue weighted by Crippen LogP contribution is -2.28. The molecule has 0 atom stereocenters. The van der Waals surface area contributed by atoms with Crippen LogP contribution in [0, 0.1) is 0 Å². The SMILES string of the molecule is C=CCNCC(=O)Nc1cccc(OCCCCCC)c1. The Hall–Kier alpha value is -1.81. The fourth-order valence-electron chi connectivity index (χ4n) is 1.88. The van der Waals surface area contributed by atoms with Gasteiger partial charge in [-0.25, -0.2) is 0 Å². The fraction of sp³-hybridized carbons (Fsp3) is 0.471. The van der Waals surface area contributed by atoms with Crippen LogP contribution in [0.2, 0.25) is 0 Å². The molecule has 0 bridgehead atoms. The first-order valence-electron chi connectivity index (χ1n) is 7.60. The molecule has 0 radical (unpaired) electrons. The summed E-state index contributed by atoms with van der Waals surface area (Å²) in [5, 5.41) is 5.80. The van der Waals surface area contributed by atoms with E-state index in [0.29, 0.717) is 6.54 Å². The average molecular weight is 290 g/mol. The molecule has 21 heavy (non-hydrogen) atoms. The molecule has 4 nitrogen and oxygen atoms in total. The van der Waals surface area contributed by atoms with Gasteiger partial charge in [0.15, 0.2) is 0 Å². The van der Waals surface area contributed by atoms with E-state index in [1.54, 1.807) is 6.08 Å². The third-order valence-electron chi connectivity index (χ3n) is 2.96. The zero-order valence-corrected chi connectivity index (χ0v) is 12.9. The van der Waals surface area contributed by atoms with Gasteiger partial charge in [0.25, 0.3) is 0 Å². The van der Waals surface area contributed by atoms with Gasteiger partial charge in [-0.15, -0.1) is 6.58 Å². The van der Waals surface area contributed by atoms with E-state index in [4.69, 9.17) is 4.74 Å². The Bertz CT molecular complexity index is 433. The summed E-state index contributed by atoms with van der Waals surface area (Å²) in [5.74, 6) is 0.722. The maximum atomic E-state index is 11.7. The number of carbonyl (C=O) groups excluding carboxylic acids is 1. The molecule has 0 heterocycles. The minimum atomic E-state index is -0.0723. The maximum Gasteiger partial charge on any atom is 0.238 e. The van der Waals surface area contributed by atoms with Crippen molar-refractivity contribution in [2.24, 2.45) is 0 Å². The highest BCUT2D eigenvalue weighted by molar-refractivity contribution is 5.92. The summed E-state index contributed by atoms with van der Waals surface area (Å²) in [5.41, 5.74) is 0.756. The van der Waals surface area contributed by atoms with Crippen LogP contribution in [0.5, 0.6) is 5.75 Å². The first kappa shape index (κ1) is 17.2. The summed E-state index contributed by atoms with van der Waals surface area (Å²) >= 11 is 0. The number of carbonyl (C=O) groups is 1. The van der Waals surface area contributed by atoms with Crippen LogP contribution in [0.25, 0.3) is 0 Å². The monoisotopic (exact) mass is 290 g/mol. The molecule has 1 aromatic carbocycles. The third-order valence-corrected chi connectivity index (χ3v) is 2.96. The highest BCUT2D eigenvalue weighted by Gasteiger charge is 2.02. The van der Waals surface area contributed by atoms with Gasteiger partial charge in [0.2, 0.25) is 5.91 Å². The number of hydrogen-bond acceptors (Lipinski definition) is 3. The molecule has 116 valence electrons. The maximum absolute atomic E-state index is 11.7. The van der Waals surface area contributed by atoms with Gasteiger partial charge in [-0.3, -0.25) is 4.79 Å². The number of rotatable bonds is 11. The largest absolute Gasteiger partial charge is 0.494 e. The smallest absolute Gasteiger partial charge is 0.238 e. The van der Waals surface area contributed by atoms with Crippen LogP contribution in [0.3, 0.4) is 0 Å². The number of benzene rings is 1. The highest BCUT2D eigenvalue weighted by atomic mass is 16.5. The molecule has 0 saturated carbocycles. The molecule has 0 aliphatic carbocycles. The van der Waals surface area contributed by atoms with Gasteiger partial charge in [-0.1, -0.05) is 38.3 Å². The van der Waals surface area contributed by atoms with Crippen molar-refractivity contribution in [3.8, 4) is 5.75 Å². The molecule has 0 aliphatic rings. The van der Waals surface area contributed by atoms with Crippen LogP contribution >= 0.6 is 0 Å². The van der Waals surface area contributed by atoms with E-state index in [-0.39, 0.29) is 12.5 Å². The van der Waals surface area contributed by atoms with Crippen molar-refractivity contribution in [3.63, 3.8) is 0 Å². The van der Waals surface area contributed by atoms with Crippen LogP contribution in [0.15, 0.2) is 36.9 Å². The van der Waals surface area contributed by atoms with E-state index in [0.717, 1.165) is 24.5 Å². The second kappa shape index (κ2) is 10.9. The Morgan fingerprint density at radius 2 is 2.19 bits per heavy atom. The van der Waals surface area contributed by atoms with Gasteiger partial charge in [0.1, 0.15) is 5.75 Å². The predicted molar refractivity (Wildman–Crippen MR) is 87.8 cm³/mol. The molecule has 1 aromatic rings. The Labute approximate surface area is 127 Å². The molecule has 0 aliphatic heterocycles. The van der Waals surface area contributed by atoms with Gasteiger partial charge >= 0.3 is 0 Å². The minimum absolute atomic E-state index is 0.0723. The van der Waals surface area contributed by atoms with E-state index in [1.165, 1.54) is 19.3 Å². The number of ether oxygens (including phenoxy) is 1. The third kappa shape index (κ3) is 8.15. The lowest BCUT2D eigenvalue weighted by atomic mass is 10.2. The molecule has 1 amide bonds. The van der Waals surface area contributed by atoms with Crippen molar-refractivity contribution >= 4 is 11.6 Å². The lowest BCUT2D eigenvalue weighted by Gasteiger charge is -2.09. The highest BCUT2D eigenvalue weighted by Crippen LogP contribution is 2.17. The quantitative estimate of drug-likeness (QED) is 0.485. The fourth-order valence-corrected chi connectivity index (χ4v) is 1.88. The van der Waals surface area contributed by atoms with Crippen molar-refractivity contribution in [1.82, 2.24) is 5.32 Å². The van der Waals surface area contributed by atoms with Gasteiger partial charge in [0, 0.05) is 18.3 Å². The second-order valence-electron chi connectivity index (χ2n) is 4.90. The van der Waals surface area contributed by atoms with Gasteiger partial charge in [-0.2, -0.15) is 0 Å². The summed E-state index contributed by atoms with van der Waals surface area (Å²) in [6.07, 6.45) is 6.46. The Morgan fingerprint density at radius 3 is 2.95 bits per heavy atom. The van der Waals surface area contributed by atoms with E-state index in [2.05, 4.69) is 24.1 Å². The van der Waals surface area contributed by atoms with E-state index >= 15 is 0 Å². The Kier molecular flexibility index (Phi) is 8.96. The summed E-state index contributed by atoms with van der Waals surface area (Å²) < 4.78 is 5.69. The number of unbranched alkanes of at least 4 members (excludes halogenated alkanes) is 3. The van der Waals surface area contributed by atoms with Crippen molar-refractivity contribution in [1.29, 1.82) is 0 Å². The van der Waals surface area contributed by atoms with Gasteiger partial charge in [-0.05, 0) is 18.6 Å². The first-order valence-corrected chi connectivity index (χ1v) is 7.60. The molecule has 0 unspecified atom stereocenters. The summed E-state index contributed by atoms with van der Waals surface area (Å²) in [6, 6.07) is 7.50. The molecule has 0 saturated heterocycles. The van der Waals surface area contributed by atoms with Crippen molar-refractivity contribution in [3.05, 3.63) is 36.9 Å². The van der Waals surface area contributed by atoms with Gasteiger partial charge < -0.3 is 15.4 Å². The van der Waals surface area contributed by atoms with E-state index in [1.807, 2.05) is 24.3 Å². The van der Waals surface area contributed by atoms with Crippen molar-refractivity contribution < 1.29 is 9.53 Å². The van der Waals surface area contributed by atoms with Gasteiger partial charge in [0.05, 0.1) is 13.2 Å². The zero-order valence-electron chi connectivity index (χ0n) is 12.9. The lowest BCUT2D eigenvalue weighted by molar-refractivity contribution is -0.115. The topological polar surface area (TPSA) is 50.4 Å². The second-order valence-corrected chi connectivity index (χ2v) is 4.90. The standard InChI is InChI=1S/C17H26N2O2/c1-3-5-6-7-12-21-16-10-8-9-15(13-16)19-17(20)14-18-11-4-2/h4,8-10,13,18H,2-3,5-7,11-12,14H2,1H3,(H,19,20). The molecule has 0 spiro atoms. The molecular weight excluding hydrogens is 264 g/mol. The molecular formula is C17H26N2O2. The minimum Gasteiger partial charge on any atom is -0.494 e. The van der Waals surface area contributed by atoms with E-state index < -0.39 is 0 Å². The van der Waals surface area contributed by atoms with Crippen molar-refractivity contribution in [2.45, 2.75) is 32.6 Å². The molecule has 2 N–H and O–H groups in total. The number of amides is 1. The molecule has 4 heteroatoms. The summed E-state index contributed by atoms with van der Waals surface area (Å²) in [7, 11) is 0. The zero-order chi connectivity index (χ0) is 15.3. The normalized spacial score (nSPS) is 10.1. The van der Waals surface area contributed by atoms with Crippen LogP contribution in [0.4, 0.5) is 5.69 Å². The summed E-state index contributed by atoms with van der Waals surface area (Å²) in [6.45, 7) is 7.39. The Morgan fingerprint density at radius 1 is 1.33 bits per heavy atom. The predicted octanol–water partition coefficient (Wildman–Crippen LogP) is 3.36. The van der Waals surface area contributed by atoms with Crippen LogP contribution in [-0.2, 0) is 4.79 Å². The number of anilines is 1. The van der Waals surface area contributed by atoms with Crippen LogP contribution in [-0.4, -0.2) is 25.6 Å².